The van der Waals surface area contributed by atoms with Crippen LogP contribution >= 0.6 is 0 Å². The van der Waals surface area contributed by atoms with Gasteiger partial charge in [0, 0.05) is 19.3 Å². The van der Waals surface area contributed by atoms with Crippen molar-refractivity contribution in [3.63, 3.8) is 0 Å². The summed E-state index contributed by atoms with van der Waals surface area (Å²) >= 11 is 0. The minimum absolute atomic E-state index is 0.0271. The summed E-state index contributed by atoms with van der Waals surface area (Å²) in [6.45, 7) is 8.45. The van der Waals surface area contributed by atoms with Gasteiger partial charge in [-0.3, -0.25) is 4.79 Å². The quantitative estimate of drug-likeness (QED) is 0.537. The number of hydrogen-bond acceptors (Lipinski definition) is 7. The highest BCUT2D eigenvalue weighted by atomic mass is 35.7. The van der Waals surface area contributed by atoms with Gasteiger partial charge >= 0.3 is 0 Å². The number of halogens is 1. The number of methoxy groups -OCH3 is 1. The Morgan fingerprint density at radius 1 is 1.25 bits per heavy atom. The van der Waals surface area contributed by atoms with E-state index >= 15 is 0 Å². The number of carbonyl (C=O) groups is 1. The van der Waals surface area contributed by atoms with Crippen LogP contribution in [0.4, 0.5) is 5.69 Å². The van der Waals surface area contributed by atoms with E-state index in [1.165, 1.54) is 0 Å². The standard InChI is InChI=1S/C15H24N2O2.ClHO4/c1-10-7-6-8-11(2)14(10)17-15(18)13(4)16-9-12(3)19-5;2-1(3,4)5/h6-8,12-13,16H,9H2,1-5H3,(H,17,18);(H,2,3,4,5). The molecule has 0 heterocycles. The maximum atomic E-state index is 12.1. The highest BCUT2D eigenvalue weighted by Crippen LogP contribution is 2.19. The van der Waals surface area contributed by atoms with Crippen LogP contribution in [0.2, 0.25) is 0 Å². The second-order valence-electron chi connectivity index (χ2n) is 5.33. The summed E-state index contributed by atoms with van der Waals surface area (Å²) in [5, 5.41) is 6.13. The molecule has 24 heavy (non-hydrogen) atoms. The van der Waals surface area contributed by atoms with Crippen molar-refractivity contribution in [3.8, 4) is 0 Å². The predicted molar refractivity (Wildman–Crippen MR) is 80.7 cm³/mol. The number of ether oxygens (including phenoxy) is 1. The van der Waals surface area contributed by atoms with Crippen LogP contribution < -0.4 is 24.6 Å². The smallest absolute Gasteiger partial charge is 0.241 e. The maximum absolute atomic E-state index is 12.1. The minimum Gasteiger partial charge on any atom is -0.380 e. The molecule has 1 amide bonds. The first-order valence-corrected chi connectivity index (χ1v) is 8.48. The van der Waals surface area contributed by atoms with Gasteiger partial charge in [0.2, 0.25) is 5.91 Å². The third-order valence-electron chi connectivity index (χ3n) is 3.24. The highest BCUT2D eigenvalue weighted by Gasteiger charge is 2.15. The van der Waals surface area contributed by atoms with Crippen LogP contribution in [-0.4, -0.2) is 36.4 Å². The van der Waals surface area contributed by atoms with E-state index in [1.807, 2.05) is 45.9 Å². The number of rotatable bonds is 6. The molecule has 3 N–H and O–H groups in total. The Morgan fingerprint density at radius 2 is 1.71 bits per heavy atom. The molecular formula is C15H25ClN2O6. The monoisotopic (exact) mass is 364 g/mol. The molecule has 0 fully saturated rings. The van der Waals surface area contributed by atoms with Crippen molar-refractivity contribution in [1.29, 1.82) is 0 Å². The third-order valence-corrected chi connectivity index (χ3v) is 3.24. The van der Waals surface area contributed by atoms with Crippen LogP contribution in [0.5, 0.6) is 0 Å². The van der Waals surface area contributed by atoms with E-state index in [9.17, 15) is 4.79 Å². The zero-order valence-electron chi connectivity index (χ0n) is 14.5. The van der Waals surface area contributed by atoms with Gasteiger partial charge in [-0.2, -0.15) is 14.0 Å². The van der Waals surface area contributed by atoms with E-state index in [0.29, 0.717) is 6.54 Å². The Labute approximate surface area is 144 Å². The number of amides is 1. The third kappa shape index (κ3) is 10.5. The van der Waals surface area contributed by atoms with Gasteiger partial charge in [0.15, 0.2) is 0 Å². The molecule has 1 aromatic carbocycles. The number of para-hydroxylation sites is 1. The molecule has 0 spiro atoms. The van der Waals surface area contributed by atoms with Gasteiger partial charge < -0.3 is 15.4 Å². The van der Waals surface area contributed by atoms with Crippen molar-refractivity contribution in [2.75, 3.05) is 19.0 Å². The van der Waals surface area contributed by atoms with E-state index in [4.69, 9.17) is 23.4 Å². The van der Waals surface area contributed by atoms with Gasteiger partial charge in [-0.25, -0.2) is 0 Å². The van der Waals surface area contributed by atoms with Crippen LogP contribution in [0, 0.1) is 24.1 Å². The number of carbonyl (C=O) groups excluding carboxylic acids is 1. The number of benzene rings is 1. The van der Waals surface area contributed by atoms with Crippen molar-refractivity contribution < 1.29 is 38.4 Å². The fourth-order valence-electron chi connectivity index (χ4n) is 1.76. The molecule has 0 aliphatic heterocycles. The van der Waals surface area contributed by atoms with Gasteiger partial charge in [0.25, 0.3) is 0 Å². The second kappa shape index (κ2) is 10.6. The van der Waals surface area contributed by atoms with E-state index in [1.54, 1.807) is 7.11 Å². The zero-order valence-corrected chi connectivity index (χ0v) is 15.2. The van der Waals surface area contributed by atoms with Crippen molar-refractivity contribution in [2.45, 2.75) is 39.8 Å². The molecule has 138 valence electrons. The Kier molecular flexibility index (Phi) is 10.0. The summed E-state index contributed by atoms with van der Waals surface area (Å²) in [6.07, 6.45) is 0.0930. The molecule has 0 saturated carbocycles. The maximum Gasteiger partial charge on any atom is 0.241 e. The minimum atomic E-state index is -4.69. The molecule has 2 atom stereocenters. The van der Waals surface area contributed by atoms with Crippen LogP contribution in [0.1, 0.15) is 25.0 Å². The first kappa shape index (κ1) is 22.7. The van der Waals surface area contributed by atoms with Crippen LogP contribution in [0.25, 0.3) is 0 Å². The van der Waals surface area contributed by atoms with Crippen LogP contribution in [0.3, 0.4) is 0 Å². The van der Waals surface area contributed by atoms with Gasteiger partial charge in [0.05, 0.1) is 27.0 Å². The summed E-state index contributed by atoms with van der Waals surface area (Å²) in [5.74, 6) is -0.0271. The first-order valence-electron chi connectivity index (χ1n) is 7.22. The predicted octanol–water partition coefficient (Wildman–Crippen LogP) is -1.87. The van der Waals surface area contributed by atoms with Crippen molar-refractivity contribution in [3.05, 3.63) is 29.3 Å². The average Bonchev–Trinajstić information content (AvgIpc) is 2.46. The summed E-state index contributed by atoms with van der Waals surface area (Å²) in [7, 11) is -3.03. The molecule has 0 radical (unpaired) electrons. The van der Waals surface area contributed by atoms with Crippen LogP contribution in [-0.2, 0) is 9.53 Å². The lowest BCUT2D eigenvalue weighted by Gasteiger charge is -2.18. The fraction of sp³-hybridized carbons (Fsp3) is 0.533. The SMILES string of the molecule is COC(C)CNC(C)C(=O)Nc1c(C)cccc1C.[O-][Cl+3]([O-])([O-])O. The van der Waals surface area contributed by atoms with E-state index in [-0.39, 0.29) is 18.1 Å². The molecule has 0 bridgehead atoms. The Balaban J connectivity index is 0.000000922. The van der Waals surface area contributed by atoms with Crippen molar-refractivity contribution in [2.24, 2.45) is 0 Å². The number of anilines is 1. The summed E-state index contributed by atoms with van der Waals surface area (Å²) < 4.78 is 37.9. The number of hydrogen-bond donors (Lipinski definition) is 3. The number of aryl methyl sites for hydroxylation is 2. The lowest BCUT2D eigenvalue weighted by atomic mass is 10.1. The average molecular weight is 365 g/mol. The summed E-state index contributed by atoms with van der Waals surface area (Å²) in [5.41, 5.74) is 3.05. The van der Waals surface area contributed by atoms with Crippen molar-refractivity contribution in [1.82, 2.24) is 5.32 Å². The molecule has 0 aliphatic rings. The second-order valence-corrected chi connectivity index (χ2v) is 6.12. The molecule has 0 aliphatic carbocycles. The lowest BCUT2D eigenvalue weighted by Crippen LogP contribution is -2.58. The van der Waals surface area contributed by atoms with Gasteiger partial charge in [-0.05, 0) is 38.8 Å². The molecule has 8 nitrogen and oxygen atoms in total. The topological polar surface area (TPSA) is 140 Å². The normalized spacial score (nSPS) is 13.5. The van der Waals surface area contributed by atoms with E-state index in [0.717, 1.165) is 16.8 Å². The molecule has 1 rings (SSSR count). The molecule has 2 unspecified atom stereocenters. The fourth-order valence-corrected chi connectivity index (χ4v) is 1.76. The van der Waals surface area contributed by atoms with Crippen molar-refractivity contribution >= 4 is 11.6 Å². The molecule has 9 heteroatoms. The van der Waals surface area contributed by atoms with Gasteiger partial charge in [0.1, 0.15) is 0 Å². The Hall–Kier alpha value is -1.26. The highest BCUT2D eigenvalue weighted by molar-refractivity contribution is 5.95. The zero-order chi connectivity index (χ0) is 18.9. The lowest BCUT2D eigenvalue weighted by molar-refractivity contribution is -1.92. The van der Waals surface area contributed by atoms with Gasteiger partial charge in [-0.15, -0.1) is 0 Å². The summed E-state index contributed by atoms with van der Waals surface area (Å²) in [4.78, 5) is 12.1. The molecule has 1 aromatic rings. The van der Waals surface area contributed by atoms with E-state index < -0.39 is 10.2 Å². The largest absolute Gasteiger partial charge is 0.380 e. The Morgan fingerprint density at radius 3 is 2.12 bits per heavy atom. The first-order chi connectivity index (χ1) is 11.0. The molecular weight excluding hydrogens is 340 g/mol. The van der Waals surface area contributed by atoms with E-state index in [2.05, 4.69) is 10.6 Å². The van der Waals surface area contributed by atoms with Crippen LogP contribution in [0.15, 0.2) is 18.2 Å². The molecule has 0 aromatic heterocycles. The van der Waals surface area contributed by atoms with Gasteiger partial charge in [-0.1, -0.05) is 18.2 Å². The molecule has 0 saturated heterocycles. The Bertz CT molecular complexity index is 495. The summed E-state index contributed by atoms with van der Waals surface area (Å²) in [6, 6.07) is 5.72. The number of nitrogens with one attached hydrogen (secondary N) is 2.